The largest absolute Gasteiger partial charge is 0.393 e. The fraction of sp³-hybridized carbons (Fsp3) is 0.625. The number of anilines is 1. The average Bonchev–Trinajstić information content (AvgIpc) is 2.68. The van der Waals surface area contributed by atoms with Crippen LogP contribution in [0.4, 0.5) is 10.1 Å². The van der Waals surface area contributed by atoms with Gasteiger partial charge in [-0.15, -0.1) is 0 Å². The third-order valence-electron chi connectivity index (χ3n) is 4.58. The summed E-state index contributed by atoms with van der Waals surface area (Å²) >= 11 is 0. The lowest BCUT2D eigenvalue weighted by molar-refractivity contribution is 0.126. The number of hydrogen-bond acceptors (Lipinski definition) is 3. The molecule has 2 unspecified atom stereocenters. The first-order valence-electron chi connectivity index (χ1n) is 7.64. The molecule has 2 bridgehead atoms. The van der Waals surface area contributed by atoms with Crippen LogP contribution in [0.15, 0.2) is 18.2 Å². The van der Waals surface area contributed by atoms with Gasteiger partial charge < -0.3 is 15.3 Å². The van der Waals surface area contributed by atoms with Gasteiger partial charge in [-0.2, -0.15) is 0 Å². The Morgan fingerprint density at radius 2 is 2.00 bits per heavy atom. The Morgan fingerprint density at radius 3 is 2.60 bits per heavy atom. The molecule has 20 heavy (non-hydrogen) atoms. The summed E-state index contributed by atoms with van der Waals surface area (Å²) in [6, 6.07) is 6.16. The molecular formula is C16H23FN2O. The van der Waals surface area contributed by atoms with Crippen LogP contribution >= 0.6 is 0 Å². The summed E-state index contributed by atoms with van der Waals surface area (Å²) in [5, 5.41) is 13.0. The fourth-order valence-electron chi connectivity index (χ4n) is 3.68. The summed E-state index contributed by atoms with van der Waals surface area (Å²) in [6.07, 6.45) is 3.48. The van der Waals surface area contributed by atoms with Crippen LogP contribution in [-0.4, -0.2) is 29.8 Å². The standard InChI is InChI=1S/C16H23FN2O/c1-2-18-10-11-3-6-16(15(17)7-11)19-12-4-5-13(19)9-14(20)8-12/h3,6-7,12-14,18,20H,2,4-5,8-10H2,1H3. The van der Waals surface area contributed by atoms with E-state index < -0.39 is 0 Å². The molecule has 0 radical (unpaired) electrons. The van der Waals surface area contributed by atoms with Crippen molar-refractivity contribution < 1.29 is 9.50 Å². The number of nitrogens with zero attached hydrogens (tertiary/aromatic N) is 1. The number of aliphatic hydroxyl groups excluding tert-OH is 1. The number of nitrogens with one attached hydrogen (secondary N) is 1. The molecule has 1 aromatic rings. The normalized spacial score (nSPS) is 28.9. The van der Waals surface area contributed by atoms with E-state index in [0.717, 1.165) is 37.8 Å². The van der Waals surface area contributed by atoms with Crippen molar-refractivity contribution in [3.63, 3.8) is 0 Å². The molecule has 3 nitrogen and oxygen atoms in total. The number of benzene rings is 1. The minimum absolute atomic E-state index is 0.131. The zero-order chi connectivity index (χ0) is 14.1. The number of aliphatic hydroxyl groups is 1. The fourth-order valence-corrected chi connectivity index (χ4v) is 3.68. The van der Waals surface area contributed by atoms with E-state index in [2.05, 4.69) is 10.2 Å². The van der Waals surface area contributed by atoms with Crippen molar-refractivity contribution in [3.8, 4) is 0 Å². The van der Waals surface area contributed by atoms with Gasteiger partial charge in [0.25, 0.3) is 0 Å². The first kappa shape index (κ1) is 13.8. The zero-order valence-corrected chi connectivity index (χ0v) is 12.0. The van der Waals surface area contributed by atoms with Gasteiger partial charge in [0, 0.05) is 18.6 Å². The van der Waals surface area contributed by atoms with Crippen LogP contribution in [0.1, 0.15) is 38.2 Å². The Bertz CT molecular complexity index is 466. The van der Waals surface area contributed by atoms with Crippen LogP contribution in [0.5, 0.6) is 0 Å². The average molecular weight is 278 g/mol. The van der Waals surface area contributed by atoms with E-state index in [1.54, 1.807) is 6.07 Å². The molecule has 0 amide bonds. The molecule has 0 aromatic heterocycles. The van der Waals surface area contributed by atoms with Crippen molar-refractivity contribution in [2.75, 3.05) is 11.4 Å². The zero-order valence-electron chi connectivity index (χ0n) is 12.0. The van der Waals surface area contributed by atoms with E-state index in [1.807, 2.05) is 19.1 Å². The molecule has 2 N–H and O–H groups in total. The van der Waals surface area contributed by atoms with Crippen LogP contribution in [0, 0.1) is 5.82 Å². The molecule has 3 rings (SSSR count). The quantitative estimate of drug-likeness (QED) is 0.888. The van der Waals surface area contributed by atoms with Crippen LogP contribution in [0.25, 0.3) is 0 Å². The SMILES string of the molecule is CCNCc1ccc(N2C3CCC2CC(O)C3)c(F)c1. The maximum absolute atomic E-state index is 14.4. The summed E-state index contributed by atoms with van der Waals surface area (Å²) in [5.41, 5.74) is 1.70. The van der Waals surface area contributed by atoms with E-state index in [0.29, 0.717) is 24.3 Å². The van der Waals surface area contributed by atoms with Crippen LogP contribution in [-0.2, 0) is 6.54 Å². The van der Waals surface area contributed by atoms with Gasteiger partial charge >= 0.3 is 0 Å². The summed E-state index contributed by atoms with van der Waals surface area (Å²) < 4.78 is 14.4. The molecule has 0 aliphatic carbocycles. The predicted octanol–water partition coefficient (Wildman–Crippen LogP) is 2.43. The second kappa shape index (κ2) is 5.70. The number of halogens is 1. The number of rotatable bonds is 4. The minimum Gasteiger partial charge on any atom is -0.393 e. The van der Waals surface area contributed by atoms with Gasteiger partial charge in [0.05, 0.1) is 11.8 Å². The highest BCUT2D eigenvalue weighted by Crippen LogP contribution is 2.40. The van der Waals surface area contributed by atoms with Gasteiger partial charge in [0.2, 0.25) is 0 Å². The number of hydrogen-bond donors (Lipinski definition) is 2. The summed E-state index contributed by atoms with van der Waals surface area (Å²) in [7, 11) is 0. The molecule has 4 heteroatoms. The van der Waals surface area contributed by atoms with E-state index in [4.69, 9.17) is 0 Å². The summed E-state index contributed by atoms with van der Waals surface area (Å²) in [6.45, 7) is 3.64. The number of fused-ring (bicyclic) bond motifs is 2. The van der Waals surface area contributed by atoms with Gasteiger partial charge in [0.15, 0.2) is 0 Å². The van der Waals surface area contributed by atoms with Crippen LogP contribution < -0.4 is 10.2 Å². The first-order valence-corrected chi connectivity index (χ1v) is 7.64. The maximum Gasteiger partial charge on any atom is 0.146 e. The van der Waals surface area contributed by atoms with Crippen molar-refractivity contribution in [1.82, 2.24) is 5.32 Å². The third-order valence-corrected chi connectivity index (χ3v) is 4.58. The van der Waals surface area contributed by atoms with Crippen LogP contribution in [0.2, 0.25) is 0 Å². The lowest BCUT2D eigenvalue weighted by atomic mass is 9.98. The second-order valence-corrected chi connectivity index (χ2v) is 5.98. The monoisotopic (exact) mass is 278 g/mol. The third kappa shape index (κ3) is 2.54. The van der Waals surface area contributed by atoms with Crippen molar-refractivity contribution in [1.29, 1.82) is 0 Å². The minimum atomic E-state index is -0.208. The van der Waals surface area contributed by atoms with E-state index >= 15 is 0 Å². The summed E-state index contributed by atoms with van der Waals surface area (Å²) in [4.78, 5) is 2.21. The van der Waals surface area contributed by atoms with Crippen LogP contribution in [0.3, 0.4) is 0 Å². The molecule has 2 atom stereocenters. The van der Waals surface area contributed by atoms with E-state index in [-0.39, 0.29) is 11.9 Å². The molecule has 2 saturated heterocycles. The highest BCUT2D eigenvalue weighted by Gasteiger charge is 2.41. The maximum atomic E-state index is 14.4. The Labute approximate surface area is 119 Å². The number of piperidine rings is 1. The molecule has 2 aliphatic rings. The molecule has 2 heterocycles. The van der Waals surface area contributed by atoms with Gasteiger partial charge in [-0.1, -0.05) is 13.0 Å². The Morgan fingerprint density at radius 1 is 1.30 bits per heavy atom. The Hall–Kier alpha value is -1.13. The molecule has 2 fully saturated rings. The van der Waals surface area contributed by atoms with Crippen molar-refractivity contribution in [3.05, 3.63) is 29.6 Å². The van der Waals surface area contributed by atoms with Crippen molar-refractivity contribution >= 4 is 5.69 Å². The molecule has 1 aromatic carbocycles. The molecule has 2 aliphatic heterocycles. The van der Waals surface area contributed by atoms with Crippen molar-refractivity contribution in [2.24, 2.45) is 0 Å². The highest BCUT2D eigenvalue weighted by atomic mass is 19.1. The lowest BCUT2D eigenvalue weighted by Gasteiger charge is -2.39. The highest BCUT2D eigenvalue weighted by molar-refractivity contribution is 5.53. The van der Waals surface area contributed by atoms with E-state index in [1.165, 1.54) is 0 Å². The Kier molecular flexibility index (Phi) is 3.94. The first-order chi connectivity index (χ1) is 9.69. The van der Waals surface area contributed by atoms with Gasteiger partial charge in [-0.3, -0.25) is 0 Å². The predicted molar refractivity (Wildman–Crippen MR) is 78.3 cm³/mol. The molecular weight excluding hydrogens is 255 g/mol. The molecule has 0 spiro atoms. The molecule has 0 saturated carbocycles. The Balaban J connectivity index is 1.80. The topological polar surface area (TPSA) is 35.5 Å². The van der Waals surface area contributed by atoms with Gasteiger partial charge in [-0.05, 0) is 49.9 Å². The smallest absolute Gasteiger partial charge is 0.146 e. The van der Waals surface area contributed by atoms with Gasteiger partial charge in [0.1, 0.15) is 5.82 Å². The summed E-state index contributed by atoms with van der Waals surface area (Å²) in [5.74, 6) is -0.131. The van der Waals surface area contributed by atoms with Crippen molar-refractivity contribution in [2.45, 2.75) is 57.3 Å². The van der Waals surface area contributed by atoms with Gasteiger partial charge in [-0.25, -0.2) is 4.39 Å². The lowest BCUT2D eigenvalue weighted by Crippen LogP contribution is -2.45. The molecule has 110 valence electrons. The second-order valence-electron chi connectivity index (χ2n) is 5.98. The van der Waals surface area contributed by atoms with E-state index in [9.17, 15) is 9.50 Å².